The van der Waals surface area contributed by atoms with Crippen molar-refractivity contribution >= 4 is 21.6 Å². The van der Waals surface area contributed by atoms with Crippen LogP contribution in [0.1, 0.15) is 35.3 Å². The van der Waals surface area contributed by atoms with Crippen molar-refractivity contribution in [2.75, 3.05) is 4.31 Å². The Labute approximate surface area is 178 Å². The highest BCUT2D eigenvalue weighted by atomic mass is 32.2. The number of sulfonamides is 1. The van der Waals surface area contributed by atoms with Crippen LogP contribution in [-0.4, -0.2) is 20.4 Å². The Balaban J connectivity index is 2.14. The predicted octanol–water partition coefficient (Wildman–Crippen LogP) is 4.53. The Hall–Kier alpha value is -3.12. The molecule has 0 atom stereocenters. The van der Waals surface area contributed by atoms with Crippen LogP contribution in [0.25, 0.3) is 0 Å². The van der Waals surface area contributed by atoms with Gasteiger partial charge < -0.3 is 5.32 Å². The van der Waals surface area contributed by atoms with Gasteiger partial charge >= 0.3 is 0 Å². The topological polar surface area (TPSA) is 66.5 Å². The fourth-order valence-corrected chi connectivity index (χ4v) is 4.58. The molecule has 0 aliphatic carbocycles. The molecule has 1 amide bonds. The first kappa shape index (κ1) is 21.6. The van der Waals surface area contributed by atoms with E-state index >= 15 is 0 Å². The second-order valence-corrected chi connectivity index (χ2v) is 9.32. The maximum absolute atomic E-state index is 13.6. The number of rotatable bonds is 7. The number of carbonyl (C=O) groups excluding carboxylic acids is 1. The van der Waals surface area contributed by atoms with Gasteiger partial charge in [0.15, 0.2) is 0 Å². The van der Waals surface area contributed by atoms with E-state index in [1.807, 2.05) is 51.1 Å². The first-order valence-corrected chi connectivity index (χ1v) is 11.3. The first-order chi connectivity index (χ1) is 14.3. The van der Waals surface area contributed by atoms with Crippen molar-refractivity contribution in [3.63, 3.8) is 0 Å². The van der Waals surface area contributed by atoms with Crippen molar-refractivity contribution < 1.29 is 13.2 Å². The molecule has 1 N–H and O–H groups in total. The largest absolute Gasteiger partial charge is 0.350 e. The van der Waals surface area contributed by atoms with Gasteiger partial charge in [-0.15, -0.1) is 0 Å². The highest BCUT2D eigenvalue weighted by Gasteiger charge is 2.28. The molecule has 3 rings (SSSR count). The van der Waals surface area contributed by atoms with E-state index in [1.54, 1.807) is 48.5 Å². The van der Waals surface area contributed by atoms with Gasteiger partial charge in [0.1, 0.15) is 0 Å². The smallest absolute Gasteiger partial charge is 0.264 e. The number of hydrogen-bond acceptors (Lipinski definition) is 3. The van der Waals surface area contributed by atoms with Gasteiger partial charge in [0, 0.05) is 6.04 Å². The minimum Gasteiger partial charge on any atom is -0.350 e. The van der Waals surface area contributed by atoms with Gasteiger partial charge in [-0.1, -0.05) is 60.2 Å². The lowest BCUT2D eigenvalue weighted by atomic mass is 10.1. The predicted molar refractivity (Wildman–Crippen MR) is 120 cm³/mol. The highest BCUT2D eigenvalue weighted by Crippen LogP contribution is 2.29. The third-order valence-electron chi connectivity index (χ3n) is 4.62. The van der Waals surface area contributed by atoms with Crippen molar-refractivity contribution in [2.45, 2.75) is 38.3 Å². The number of hydrogen-bond donors (Lipinski definition) is 1. The Bertz CT molecular complexity index is 1110. The number of para-hydroxylation sites is 1. The van der Waals surface area contributed by atoms with Gasteiger partial charge in [-0.3, -0.25) is 9.10 Å². The third-order valence-corrected chi connectivity index (χ3v) is 6.39. The molecule has 0 spiro atoms. The van der Waals surface area contributed by atoms with Crippen molar-refractivity contribution in [3.8, 4) is 0 Å². The summed E-state index contributed by atoms with van der Waals surface area (Å²) in [6.07, 6.45) is 0. The number of aryl methyl sites for hydroxylation is 1. The molecule has 0 aliphatic heterocycles. The zero-order valence-electron chi connectivity index (χ0n) is 17.4. The van der Waals surface area contributed by atoms with E-state index in [1.165, 1.54) is 4.31 Å². The molecule has 0 heterocycles. The molecule has 30 heavy (non-hydrogen) atoms. The Kier molecular flexibility index (Phi) is 6.57. The molecule has 3 aromatic rings. The lowest BCUT2D eigenvalue weighted by molar-refractivity contribution is 0.0944. The number of nitrogens with one attached hydrogen (secondary N) is 1. The van der Waals surface area contributed by atoms with Crippen molar-refractivity contribution in [1.82, 2.24) is 5.32 Å². The molecule has 0 fully saturated rings. The molecule has 0 aromatic heterocycles. The summed E-state index contributed by atoms with van der Waals surface area (Å²) in [5, 5.41) is 2.86. The molecular weight excluding hydrogens is 396 g/mol. The quantitative estimate of drug-likeness (QED) is 0.608. The first-order valence-electron chi connectivity index (χ1n) is 9.82. The number of carbonyl (C=O) groups is 1. The molecule has 0 saturated carbocycles. The molecule has 6 heteroatoms. The molecule has 0 radical (unpaired) electrons. The number of nitrogens with zero attached hydrogens (tertiary/aromatic N) is 1. The van der Waals surface area contributed by atoms with E-state index in [0.717, 1.165) is 11.1 Å². The van der Waals surface area contributed by atoms with E-state index in [4.69, 9.17) is 0 Å². The van der Waals surface area contributed by atoms with E-state index < -0.39 is 10.0 Å². The van der Waals surface area contributed by atoms with Crippen LogP contribution in [0.2, 0.25) is 0 Å². The number of benzene rings is 3. The molecule has 0 saturated heterocycles. The molecule has 3 aromatic carbocycles. The van der Waals surface area contributed by atoms with Crippen LogP contribution < -0.4 is 9.62 Å². The molecule has 0 aliphatic rings. The molecule has 5 nitrogen and oxygen atoms in total. The minimum atomic E-state index is -3.90. The molecule has 0 bridgehead atoms. The maximum atomic E-state index is 13.6. The zero-order valence-corrected chi connectivity index (χ0v) is 18.2. The average Bonchev–Trinajstić information content (AvgIpc) is 2.72. The van der Waals surface area contributed by atoms with Gasteiger partial charge in [-0.25, -0.2) is 8.42 Å². The zero-order chi connectivity index (χ0) is 21.7. The lowest BCUT2D eigenvalue weighted by Crippen LogP contribution is -2.35. The molecular formula is C24H26N2O3S. The summed E-state index contributed by atoms with van der Waals surface area (Å²) in [6.45, 7) is 5.75. The van der Waals surface area contributed by atoms with E-state index in [0.29, 0.717) is 11.3 Å². The van der Waals surface area contributed by atoms with Gasteiger partial charge in [-0.05, 0) is 50.6 Å². The van der Waals surface area contributed by atoms with Crippen molar-refractivity contribution in [3.05, 3.63) is 95.6 Å². The Morgan fingerprint density at radius 2 is 1.50 bits per heavy atom. The summed E-state index contributed by atoms with van der Waals surface area (Å²) in [6, 6.07) is 22.8. The van der Waals surface area contributed by atoms with Crippen LogP contribution in [0.3, 0.4) is 0 Å². The second kappa shape index (κ2) is 9.13. The highest BCUT2D eigenvalue weighted by molar-refractivity contribution is 7.92. The Morgan fingerprint density at radius 1 is 0.900 bits per heavy atom. The van der Waals surface area contributed by atoms with E-state index in [9.17, 15) is 13.2 Å². The van der Waals surface area contributed by atoms with Crippen molar-refractivity contribution in [2.24, 2.45) is 0 Å². The number of amides is 1. The van der Waals surface area contributed by atoms with Crippen LogP contribution in [0.15, 0.2) is 83.8 Å². The van der Waals surface area contributed by atoms with E-state index in [2.05, 4.69) is 5.32 Å². The summed E-state index contributed by atoms with van der Waals surface area (Å²) < 4.78 is 28.6. The fourth-order valence-electron chi connectivity index (χ4n) is 3.11. The van der Waals surface area contributed by atoms with Gasteiger partial charge in [0.25, 0.3) is 15.9 Å². The van der Waals surface area contributed by atoms with Gasteiger partial charge in [0.2, 0.25) is 0 Å². The molecule has 156 valence electrons. The monoisotopic (exact) mass is 422 g/mol. The fraction of sp³-hybridized carbons (Fsp3) is 0.208. The van der Waals surface area contributed by atoms with Crippen LogP contribution in [0, 0.1) is 6.92 Å². The van der Waals surface area contributed by atoms with Crippen LogP contribution in [0.5, 0.6) is 0 Å². The third kappa shape index (κ3) is 4.89. The second-order valence-electron chi connectivity index (χ2n) is 7.46. The molecule has 0 unspecified atom stereocenters. The van der Waals surface area contributed by atoms with Crippen LogP contribution >= 0.6 is 0 Å². The van der Waals surface area contributed by atoms with E-state index in [-0.39, 0.29) is 23.4 Å². The lowest BCUT2D eigenvalue weighted by Gasteiger charge is -2.27. The maximum Gasteiger partial charge on any atom is 0.264 e. The van der Waals surface area contributed by atoms with Gasteiger partial charge in [0.05, 0.1) is 22.7 Å². The normalized spacial score (nSPS) is 11.3. The van der Waals surface area contributed by atoms with Crippen molar-refractivity contribution in [1.29, 1.82) is 0 Å². The summed E-state index contributed by atoms with van der Waals surface area (Å²) in [7, 11) is -3.90. The number of anilines is 1. The SMILES string of the molecule is Cc1ccc(S(=O)(=O)N(Cc2ccccc2)c2ccccc2C(=O)NC(C)C)cc1. The van der Waals surface area contributed by atoms with Crippen LogP contribution in [0.4, 0.5) is 5.69 Å². The summed E-state index contributed by atoms with van der Waals surface area (Å²) in [4.78, 5) is 13.0. The van der Waals surface area contributed by atoms with Gasteiger partial charge in [-0.2, -0.15) is 0 Å². The standard InChI is InChI=1S/C24H26N2O3S/c1-18(2)25-24(27)22-11-7-8-12-23(22)26(17-20-9-5-4-6-10-20)30(28,29)21-15-13-19(3)14-16-21/h4-16,18H,17H2,1-3H3,(H,25,27). The average molecular weight is 423 g/mol. The summed E-state index contributed by atoms with van der Waals surface area (Å²) in [5.41, 5.74) is 2.46. The van der Waals surface area contributed by atoms with Crippen LogP contribution in [-0.2, 0) is 16.6 Å². The minimum absolute atomic E-state index is 0.0677. The summed E-state index contributed by atoms with van der Waals surface area (Å²) >= 11 is 0. The Morgan fingerprint density at radius 3 is 2.13 bits per heavy atom. The summed E-state index contributed by atoms with van der Waals surface area (Å²) in [5.74, 6) is -0.308.